The lowest BCUT2D eigenvalue weighted by Crippen LogP contribution is -2.36. The topological polar surface area (TPSA) is 78.6 Å². The standard InChI is InChI=1S/C18H21N3O3/c22-16-5-2-1-4-14(16)18(24)20-10-12-8-15(21-7-3-6-19-21)17(23)9-13(12)11-20/h1-7,12-13,15,17,22-23H,8-11H2/t12-,13+,15-,17-/m1/s1. The average Bonchev–Trinajstić information content (AvgIpc) is 3.23. The van der Waals surface area contributed by atoms with E-state index in [0.717, 1.165) is 6.42 Å². The van der Waals surface area contributed by atoms with Gasteiger partial charge in [0.25, 0.3) is 5.91 Å². The van der Waals surface area contributed by atoms with Crippen molar-refractivity contribution < 1.29 is 15.0 Å². The number of aromatic hydroxyl groups is 1. The van der Waals surface area contributed by atoms with Gasteiger partial charge in [-0.3, -0.25) is 9.48 Å². The Balaban J connectivity index is 1.50. The zero-order chi connectivity index (χ0) is 16.7. The van der Waals surface area contributed by atoms with Gasteiger partial charge in [0.15, 0.2) is 0 Å². The Morgan fingerprint density at radius 3 is 2.58 bits per heavy atom. The van der Waals surface area contributed by atoms with Crippen molar-refractivity contribution in [3.05, 3.63) is 48.3 Å². The summed E-state index contributed by atoms with van der Waals surface area (Å²) in [4.78, 5) is 14.5. The highest BCUT2D eigenvalue weighted by molar-refractivity contribution is 5.97. The number of benzene rings is 1. The molecule has 1 saturated carbocycles. The summed E-state index contributed by atoms with van der Waals surface area (Å²) in [5.41, 5.74) is 0.348. The van der Waals surface area contributed by atoms with Crippen molar-refractivity contribution in [3.8, 4) is 5.75 Å². The van der Waals surface area contributed by atoms with E-state index in [1.165, 1.54) is 6.07 Å². The maximum atomic E-state index is 12.7. The van der Waals surface area contributed by atoms with Crippen LogP contribution in [0.25, 0.3) is 0 Å². The largest absolute Gasteiger partial charge is 0.507 e. The Morgan fingerprint density at radius 2 is 1.88 bits per heavy atom. The molecule has 2 aliphatic rings. The number of nitrogens with zero attached hydrogens (tertiary/aromatic N) is 3. The lowest BCUT2D eigenvalue weighted by atomic mass is 9.77. The first kappa shape index (κ1) is 15.2. The number of likely N-dealkylation sites (tertiary alicyclic amines) is 1. The van der Waals surface area contributed by atoms with E-state index < -0.39 is 6.10 Å². The molecule has 24 heavy (non-hydrogen) atoms. The molecule has 0 spiro atoms. The molecule has 6 nitrogen and oxygen atoms in total. The molecule has 0 radical (unpaired) electrons. The van der Waals surface area contributed by atoms with Crippen molar-refractivity contribution >= 4 is 5.91 Å². The first-order valence-corrected chi connectivity index (χ1v) is 8.38. The monoisotopic (exact) mass is 327 g/mol. The van der Waals surface area contributed by atoms with Crippen LogP contribution >= 0.6 is 0 Å². The van der Waals surface area contributed by atoms with Crippen LogP contribution in [0.3, 0.4) is 0 Å². The van der Waals surface area contributed by atoms with Gasteiger partial charge in [-0.15, -0.1) is 0 Å². The summed E-state index contributed by atoms with van der Waals surface area (Å²) in [5, 5.41) is 24.6. The van der Waals surface area contributed by atoms with E-state index in [1.807, 2.05) is 21.8 Å². The van der Waals surface area contributed by atoms with Crippen LogP contribution in [0.15, 0.2) is 42.7 Å². The van der Waals surface area contributed by atoms with Crippen LogP contribution in [-0.4, -0.2) is 50.0 Å². The molecule has 0 unspecified atom stereocenters. The van der Waals surface area contributed by atoms with Crippen LogP contribution in [0.2, 0.25) is 0 Å². The Labute approximate surface area is 140 Å². The van der Waals surface area contributed by atoms with Crippen LogP contribution in [0.1, 0.15) is 29.2 Å². The van der Waals surface area contributed by atoms with E-state index in [4.69, 9.17) is 0 Å². The lowest BCUT2D eigenvalue weighted by Gasteiger charge is -2.35. The lowest BCUT2D eigenvalue weighted by molar-refractivity contribution is 0.0306. The Bertz CT molecular complexity index is 731. The van der Waals surface area contributed by atoms with Crippen LogP contribution < -0.4 is 0 Å². The second-order valence-corrected chi connectivity index (χ2v) is 6.84. The molecule has 4 rings (SSSR count). The van der Waals surface area contributed by atoms with E-state index in [9.17, 15) is 15.0 Å². The molecule has 6 heteroatoms. The molecule has 2 N–H and O–H groups in total. The average molecular weight is 327 g/mol. The minimum Gasteiger partial charge on any atom is -0.507 e. The quantitative estimate of drug-likeness (QED) is 0.879. The van der Waals surface area contributed by atoms with Gasteiger partial charge in [0.2, 0.25) is 0 Å². The maximum Gasteiger partial charge on any atom is 0.257 e. The molecule has 1 aromatic carbocycles. The third-order valence-electron chi connectivity index (χ3n) is 5.40. The number of aromatic nitrogens is 2. The van der Waals surface area contributed by atoms with Crippen molar-refractivity contribution in [1.82, 2.24) is 14.7 Å². The summed E-state index contributed by atoms with van der Waals surface area (Å²) < 4.78 is 1.83. The number of amides is 1. The fourth-order valence-corrected chi connectivity index (χ4v) is 4.16. The molecule has 1 amide bonds. The van der Waals surface area contributed by atoms with Crippen molar-refractivity contribution in [1.29, 1.82) is 0 Å². The summed E-state index contributed by atoms with van der Waals surface area (Å²) in [6.45, 7) is 1.31. The predicted octanol–water partition coefficient (Wildman–Crippen LogP) is 1.67. The first-order chi connectivity index (χ1) is 11.6. The number of hydrogen-bond donors (Lipinski definition) is 2. The second-order valence-electron chi connectivity index (χ2n) is 6.84. The number of phenols is 1. The van der Waals surface area contributed by atoms with Crippen LogP contribution in [0.5, 0.6) is 5.75 Å². The van der Waals surface area contributed by atoms with E-state index in [1.54, 1.807) is 24.4 Å². The number of carbonyl (C=O) groups is 1. The Kier molecular flexibility index (Phi) is 3.76. The van der Waals surface area contributed by atoms with Gasteiger partial charge in [0, 0.05) is 25.5 Å². The molecule has 1 saturated heterocycles. The number of carbonyl (C=O) groups excluding carboxylic acids is 1. The zero-order valence-electron chi connectivity index (χ0n) is 13.3. The minimum atomic E-state index is -0.439. The van der Waals surface area contributed by atoms with Crippen LogP contribution in [0, 0.1) is 11.8 Å². The molecule has 1 aliphatic carbocycles. The van der Waals surface area contributed by atoms with Gasteiger partial charge >= 0.3 is 0 Å². The highest BCUT2D eigenvalue weighted by Crippen LogP contribution is 2.41. The second kappa shape index (κ2) is 5.94. The summed E-state index contributed by atoms with van der Waals surface area (Å²) in [5.74, 6) is 0.554. The molecule has 2 heterocycles. The van der Waals surface area contributed by atoms with Gasteiger partial charge in [0.1, 0.15) is 5.75 Å². The zero-order valence-corrected chi connectivity index (χ0v) is 13.3. The van der Waals surface area contributed by atoms with Crippen LogP contribution in [-0.2, 0) is 0 Å². The molecular weight excluding hydrogens is 306 g/mol. The Hall–Kier alpha value is -2.34. The molecule has 4 atom stereocenters. The van der Waals surface area contributed by atoms with Crippen molar-refractivity contribution in [3.63, 3.8) is 0 Å². The van der Waals surface area contributed by atoms with Gasteiger partial charge in [-0.25, -0.2) is 0 Å². The minimum absolute atomic E-state index is 0.0202. The first-order valence-electron chi connectivity index (χ1n) is 8.38. The van der Waals surface area contributed by atoms with E-state index in [-0.39, 0.29) is 17.7 Å². The fourth-order valence-electron chi connectivity index (χ4n) is 4.16. The van der Waals surface area contributed by atoms with E-state index in [2.05, 4.69) is 5.10 Å². The smallest absolute Gasteiger partial charge is 0.257 e. The SMILES string of the molecule is O=C(c1ccccc1O)N1C[C@H]2C[C@@H](n3cccn3)[C@H](O)C[C@H]2C1. The molecule has 1 aromatic heterocycles. The number of para-hydroxylation sites is 1. The molecule has 2 fully saturated rings. The van der Waals surface area contributed by atoms with Crippen molar-refractivity contribution in [2.24, 2.45) is 11.8 Å². The summed E-state index contributed by atoms with van der Waals surface area (Å²) >= 11 is 0. The van der Waals surface area contributed by atoms with E-state index >= 15 is 0 Å². The van der Waals surface area contributed by atoms with Crippen molar-refractivity contribution in [2.45, 2.75) is 25.0 Å². The Morgan fingerprint density at radius 1 is 1.12 bits per heavy atom. The van der Waals surface area contributed by atoms with E-state index in [0.29, 0.717) is 36.9 Å². The third kappa shape index (κ3) is 2.57. The molecular formula is C18H21N3O3. The van der Waals surface area contributed by atoms with Gasteiger partial charge in [-0.1, -0.05) is 12.1 Å². The number of rotatable bonds is 2. The van der Waals surface area contributed by atoms with Crippen molar-refractivity contribution in [2.75, 3.05) is 13.1 Å². The fraction of sp³-hybridized carbons (Fsp3) is 0.444. The maximum absolute atomic E-state index is 12.7. The van der Waals surface area contributed by atoms with Gasteiger partial charge in [-0.05, 0) is 42.9 Å². The number of aliphatic hydroxyl groups excluding tert-OH is 1. The number of hydrogen-bond acceptors (Lipinski definition) is 4. The van der Waals surface area contributed by atoms with Gasteiger partial charge in [-0.2, -0.15) is 5.10 Å². The van der Waals surface area contributed by atoms with Gasteiger partial charge < -0.3 is 15.1 Å². The number of fused-ring (bicyclic) bond motifs is 1. The highest BCUT2D eigenvalue weighted by Gasteiger charge is 2.44. The molecule has 126 valence electrons. The number of aliphatic hydroxyl groups is 1. The normalized spacial score (nSPS) is 29.5. The molecule has 2 aromatic rings. The third-order valence-corrected chi connectivity index (χ3v) is 5.40. The summed E-state index contributed by atoms with van der Waals surface area (Å²) in [7, 11) is 0. The molecule has 1 aliphatic heterocycles. The number of phenolic OH excluding ortho intramolecular Hbond substituents is 1. The molecule has 0 bridgehead atoms. The highest BCUT2D eigenvalue weighted by atomic mass is 16.3. The van der Waals surface area contributed by atoms with Crippen LogP contribution in [0.4, 0.5) is 0 Å². The van der Waals surface area contributed by atoms with Gasteiger partial charge in [0.05, 0.1) is 17.7 Å². The predicted molar refractivity (Wildman–Crippen MR) is 87.5 cm³/mol. The summed E-state index contributed by atoms with van der Waals surface area (Å²) in [6.07, 6.45) is 4.67. The summed E-state index contributed by atoms with van der Waals surface area (Å²) in [6, 6.07) is 8.49.